The molecular weight excluding hydrogens is 190 g/mol. The summed E-state index contributed by atoms with van der Waals surface area (Å²) in [5.74, 6) is 2.07. The lowest BCUT2D eigenvalue weighted by atomic mass is 9.89. The van der Waals surface area contributed by atoms with E-state index >= 15 is 0 Å². The number of fused-ring (bicyclic) bond motifs is 1. The summed E-state index contributed by atoms with van der Waals surface area (Å²) in [4.78, 5) is 10.6. The molecule has 84 valence electrons. The Bertz CT molecular complexity index is 322. The Balaban J connectivity index is 2.03. The maximum absolute atomic E-state index is 10.6. The van der Waals surface area contributed by atoms with Gasteiger partial charge < -0.3 is 5.73 Å². The van der Waals surface area contributed by atoms with Crippen molar-refractivity contribution in [1.29, 1.82) is 0 Å². The average molecular weight is 209 g/mol. The first-order chi connectivity index (χ1) is 6.93. The number of hydrazone groups is 1. The van der Waals surface area contributed by atoms with Gasteiger partial charge in [-0.25, -0.2) is 10.2 Å². The minimum atomic E-state index is -0.577. The Labute approximate surface area is 90.3 Å². The van der Waals surface area contributed by atoms with Gasteiger partial charge in [0.25, 0.3) is 0 Å². The summed E-state index contributed by atoms with van der Waals surface area (Å²) in [6.07, 6.45) is 2.20. The molecule has 4 nitrogen and oxygen atoms in total. The van der Waals surface area contributed by atoms with Crippen LogP contribution in [0.3, 0.4) is 0 Å². The van der Waals surface area contributed by atoms with Crippen LogP contribution in [-0.4, -0.2) is 11.7 Å². The van der Waals surface area contributed by atoms with Crippen molar-refractivity contribution in [1.82, 2.24) is 5.43 Å². The molecule has 2 rings (SSSR count). The van der Waals surface area contributed by atoms with Gasteiger partial charge >= 0.3 is 6.03 Å². The smallest absolute Gasteiger partial charge is 0.332 e. The number of urea groups is 1. The van der Waals surface area contributed by atoms with Crippen LogP contribution in [-0.2, 0) is 0 Å². The summed E-state index contributed by atoms with van der Waals surface area (Å²) >= 11 is 0. The lowest BCUT2D eigenvalue weighted by Gasteiger charge is -2.18. The van der Waals surface area contributed by atoms with Crippen LogP contribution in [0.25, 0.3) is 0 Å². The molecule has 2 aliphatic carbocycles. The molecule has 15 heavy (non-hydrogen) atoms. The third-order valence-corrected chi connectivity index (χ3v) is 4.20. The molecule has 3 N–H and O–H groups in total. The van der Waals surface area contributed by atoms with Crippen LogP contribution >= 0.6 is 0 Å². The average Bonchev–Trinajstić information content (AvgIpc) is 2.64. The van der Waals surface area contributed by atoms with Crippen molar-refractivity contribution in [2.45, 2.75) is 33.6 Å². The second-order valence-electron chi connectivity index (χ2n) is 5.45. The van der Waals surface area contributed by atoms with Crippen LogP contribution < -0.4 is 11.2 Å². The van der Waals surface area contributed by atoms with Crippen LogP contribution in [0, 0.1) is 23.2 Å². The number of rotatable bonds is 1. The molecule has 2 saturated carbocycles. The van der Waals surface area contributed by atoms with Gasteiger partial charge in [-0.2, -0.15) is 5.10 Å². The lowest BCUT2D eigenvalue weighted by Crippen LogP contribution is -2.28. The number of carbonyl (C=O) groups is 1. The van der Waals surface area contributed by atoms with Crippen LogP contribution in [0.4, 0.5) is 4.79 Å². The number of carbonyl (C=O) groups excluding carboxylic acids is 1. The Morgan fingerprint density at radius 2 is 2.20 bits per heavy atom. The molecule has 3 atom stereocenters. The second-order valence-corrected chi connectivity index (χ2v) is 5.45. The highest BCUT2D eigenvalue weighted by Gasteiger charge is 2.60. The SMILES string of the molecule is CC1CC2C(C/C1=N\NC(N)=O)C2(C)C. The monoisotopic (exact) mass is 209 g/mol. The molecule has 4 heteroatoms. The first-order valence-electron chi connectivity index (χ1n) is 5.55. The predicted molar refractivity (Wildman–Crippen MR) is 59.3 cm³/mol. The largest absolute Gasteiger partial charge is 0.350 e. The van der Waals surface area contributed by atoms with Gasteiger partial charge in [0.15, 0.2) is 0 Å². The van der Waals surface area contributed by atoms with Gasteiger partial charge in [-0.3, -0.25) is 0 Å². The molecule has 0 aromatic rings. The summed E-state index contributed by atoms with van der Waals surface area (Å²) in [6, 6.07) is -0.577. The number of hydrogen-bond acceptors (Lipinski definition) is 2. The molecule has 2 aliphatic rings. The standard InChI is InChI=1S/C11H19N3O/c1-6-4-7-8(11(7,2)3)5-9(6)13-14-10(12)15/h6-8H,4-5H2,1-3H3,(H3,12,14,15)/b13-9+. The quantitative estimate of drug-likeness (QED) is 0.634. The van der Waals surface area contributed by atoms with Crippen molar-refractivity contribution in [2.75, 3.05) is 0 Å². The van der Waals surface area contributed by atoms with Gasteiger partial charge in [-0.15, -0.1) is 0 Å². The van der Waals surface area contributed by atoms with E-state index in [9.17, 15) is 4.79 Å². The maximum atomic E-state index is 10.6. The van der Waals surface area contributed by atoms with E-state index in [0.29, 0.717) is 11.3 Å². The van der Waals surface area contributed by atoms with E-state index in [1.807, 2.05) is 0 Å². The van der Waals surface area contributed by atoms with Gasteiger partial charge in [0, 0.05) is 5.71 Å². The number of primary amides is 1. The summed E-state index contributed by atoms with van der Waals surface area (Å²) in [5, 5.41) is 4.10. The number of nitrogens with two attached hydrogens (primary N) is 1. The number of hydrogen-bond donors (Lipinski definition) is 2. The zero-order chi connectivity index (χ0) is 11.2. The first-order valence-corrected chi connectivity index (χ1v) is 5.55. The maximum Gasteiger partial charge on any atom is 0.332 e. The zero-order valence-corrected chi connectivity index (χ0v) is 9.58. The van der Waals surface area contributed by atoms with Crippen LogP contribution in [0.15, 0.2) is 5.10 Å². The van der Waals surface area contributed by atoms with Crippen molar-refractivity contribution in [3.63, 3.8) is 0 Å². The van der Waals surface area contributed by atoms with Crippen molar-refractivity contribution in [3.05, 3.63) is 0 Å². The minimum absolute atomic E-state index is 0.470. The molecule has 2 fully saturated rings. The van der Waals surface area contributed by atoms with E-state index in [1.54, 1.807) is 0 Å². The molecular formula is C11H19N3O. The molecule has 0 heterocycles. The Morgan fingerprint density at radius 3 is 2.80 bits per heavy atom. The summed E-state index contributed by atoms with van der Waals surface area (Å²) in [7, 11) is 0. The summed E-state index contributed by atoms with van der Waals surface area (Å²) in [6.45, 7) is 6.81. The third-order valence-electron chi connectivity index (χ3n) is 4.20. The van der Waals surface area contributed by atoms with Crippen LogP contribution in [0.5, 0.6) is 0 Å². The molecule has 0 aromatic carbocycles. The fourth-order valence-electron chi connectivity index (χ4n) is 2.96. The van der Waals surface area contributed by atoms with Crippen molar-refractivity contribution in [3.8, 4) is 0 Å². The van der Waals surface area contributed by atoms with Crippen molar-refractivity contribution >= 4 is 11.7 Å². The normalized spacial score (nSPS) is 39.7. The van der Waals surface area contributed by atoms with Gasteiger partial charge in [-0.05, 0) is 36.0 Å². The molecule has 2 amide bonds. The zero-order valence-electron chi connectivity index (χ0n) is 9.58. The van der Waals surface area contributed by atoms with E-state index in [2.05, 4.69) is 31.3 Å². The Hall–Kier alpha value is -1.06. The summed E-state index contributed by atoms with van der Waals surface area (Å²) in [5.41, 5.74) is 8.90. The van der Waals surface area contributed by atoms with E-state index in [-0.39, 0.29) is 0 Å². The minimum Gasteiger partial charge on any atom is -0.350 e. The van der Waals surface area contributed by atoms with Gasteiger partial charge in [0.05, 0.1) is 0 Å². The van der Waals surface area contributed by atoms with E-state index < -0.39 is 6.03 Å². The second kappa shape index (κ2) is 3.22. The van der Waals surface area contributed by atoms with Crippen LogP contribution in [0.2, 0.25) is 0 Å². The molecule has 0 aliphatic heterocycles. The molecule has 0 aromatic heterocycles. The molecule has 0 bridgehead atoms. The Morgan fingerprint density at radius 1 is 1.53 bits per heavy atom. The van der Waals surface area contributed by atoms with Gasteiger partial charge in [0.1, 0.15) is 0 Å². The highest BCUT2D eigenvalue weighted by molar-refractivity contribution is 5.89. The molecule has 0 spiro atoms. The highest BCUT2D eigenvalue weighted by atomic mass is 16.2. The van der Waals surface area contributed by atoms with Gasteiger partial charge in [0.2, 0.25) is 0 Å². The summed E-state index contributed by atoms with van der Waals surface area (Å²) < 4.78 is 0. The molecule has 0 radical (unpaired) electrons. The van der Waals surface area contributed by atoms with E-state index in [1.165, 1.54) is 6.42 Å². The van der Waals surface area contributed by atoms with E-state index in [0.717, 1.165) is 24.0 Å². The topological polar surface area (TPSA) is 67.5 Å². The fourth-order valence-corrected chi connectivity index (χ4v) is 2.96. The van der Waals surface area contributed by atoms with Gasteiger partial charge in [-0.1, -0.05) is 20.8 Å². The third kappa shape index (κ3) is 1.73. The van der Waals surface area contributed by atoms with Crippen molar-refractivity contribution < 1.29 is 4.79 Å². The van der Waals surface area contributed by atoms with E-state index in [4.69, 9.17) is 5.73 Å². The first kappa shape index (κ1) is 10.5. The number of nitrogens with zero attached hydrogens (tertiary/aromatic N) is 1. The highest BCUT2D eigenvalue weighted by Crippen LogP contribution is 2.65. The molecule has 3 unspecified atom stereocenters. The lowest BCUT2D eigenvalue weighted by molar-refractivity contribution is 0.249. The van der Waals surface area contributed by atoms with Crippen LogP contribution in [0.1, 0.15) is 33.6 Å². The van der Waals surface area contributed by atoms with Crippen molar-refractivity contribution in [2.24, 2.45) is 34.0 Å². The number of nitrogens with one attached hydrogen (secondary N) is 1. The fraction of sp³-hybridized carbons (Fsp3) is 0.818. The number of amides is 2. The Kier molecular flexibility index (Phi) is 2.24. The molecule has 0 saturated heterocycles. The predicted octanol–water partition coefficient (Wildman–Crippen LogP) is 1.71.